The number of aliphatic hydroxyl groups is 1. The van der Waals surface area contributed by atoms with E-state index in [2.05, 4.69) is 0 Å². The van der Waals surface area contributed by atoms with Gasteiger partial charge in [0, 0.05) is 6.54 Å². The molecule has 2 aromatic carbocycles. The predicted octanol–water partition coefficient (Wildman–Crippen LogP) is 2.38. The van der Waals surface area contributed by atoms with Crippen molar-refractivity contribution in [3.63, 3.8) is 0 Å². The smallest absolute Gasteiger partial charge is 0.231 e. The molecule has 1 aliphatic rings. The van der Waals surface area contributed by atoms with Gasteiger partial charge in [0.1, 0.15) is 0 Å². The summed E-state index contributed by atoms with van der Waals surface area (Å²) in [6.07, 6.45) is 0. The second-order valence-electron chi connectivity index (χ2n) is 5.10. The number of benzene rings is 2. The van der Waals surface area contributed by atoms with Crippen LogP contribution in [0.5, 0.6) is 0 Å². The van der Waals surface area contributed by atoms with Gasteiger partial charge in [-0.15, -0.1) is 0 Å². The first-order chi connectivity index (χ1) is 9.81. The maximum absolute atomic E-state index is 12.1. The SMILES string of the molecule is O=C1[C@@H](CO)[C@@H](c2ccccc2)N1Cc1ccccc1. The molecule has 2 aromatic rings. The van der Waals surface area contributed by atoms with E-state index >= 15 is 0 Å². The summed E-state index contributed by atoms with van der Waals surface area (Å²) in [5.74, 6) is -0.272. The molecule has 1 heterocycles. The summed E-state index contributed by atoms with van der Waals surface area (Å²) >= 11 is 0. The Bertz CT molecular complexity index is 582. The van der Waals surface area contributed by atoms with Crippen LogP contribution in [0.2, 0.25) is 0 Å². The third kappa shape index (κ3) is 2.21. The molecule has 0 saturated carbocycles. The van der Waals surface area contributed by atoms with Crippen LogP contribution in [0, 0.1) is 5.92 Å². The van der Waals surface area contributed by atoms with Gasteiger partial charge in [-0.25, -0.2) is 0 Å². The molecule has 0 aliphatic carbocycles. The van der Waals surface area contributed by atoms with E-state index in [0.717, 1.165) is 11.1 Å². The first-order valence-electron chi connectivity index (χ1n) is 6.81. The lowest BCUT2D eigenvalue weighted by atomic mass is 9.82. The predicted molar refractivity (Wildman–Crippen MR) is 76.8 cm³/mol. The van der Waals surface area contributed by atoms with E-state index in [9.17, 15) is 9.90 Å². The molecule has 3 nitrogen and oxygen atoms in total. The Balaban J connectivity index is 1.84. The van der Waals surface area contributed by atoms with Crippen LogP contribution in [0.1, 0.15) is 17.2 Å². The van der Waals surface area contributed by atoms with Gasteiger partial charge in [0.25, 0.3) is 0 Å². The van der Waals surface area contributed by atoms with Crippen LogP contribution in [0.3, 0.4) is 0 Å². The van der Waals surface area contributed by atoms with Crippen LogP contribution in [-0.4, -0.2) is 22.5 Å². The summed E-state index contributed by atoms with van der Waals surface area (Å²) < 4.78 is 0. The lowest BCUT2D eigenvalue weighted by Crippen LogP contribution is -2.55. The third-order valence-corrected chi connectivity index (χ3v) is 3.85. The molecular weight excluding hydrogens is 250 g/mol. The lowest BCUT2D eigenvalue weighted by molar-refractivity contribution is -0.161. The second kappa shape index (κ2) is 5.47. The number of rotatable bonds is 4. The van der Waals surface area contributed by atoms with Gasteiger partial charge in [0.05, 0.1) is 18.6 Å². The van der Waals surface area contributed by atoms with Gasteiger partial charge in [0.2, 0.25) is 5.91 Å². The Hall–Kier alpha value is -2.13. The monoisotopic (exact) mass is 267 g/mol. The van der Waals surface area contributed by atoms with Gasteiger partial charge in [0.15, 0.2) is 0 Å². The Kier molecular flexibility index (Phi) is 3.52. The summed E-state index contributed by atoms with van der Waals surface area (Å²) in [5.41, 5.74) is 2.19. The molecule has 0 spiro atoms. The summed E-state index contributed by atoms with van der Waals surface area (Å²) in [5, 5.41) is 9.42. The van der Waals surface area contributed by atoms with E-state index in [-0.39, 0.29) is 24.5 Å². The Morgan fingerprint density at radius 1 is 0.950 bits per heavy atom. The highest BCUT2D eigenvalue weighted by atomic mass is 16.3. The minimum absolute atomic E-state index is 0.0195. The summed E-state index contributed by atoms with van der Waals surface area (Å²) in [7, 11) is 0. The van der Waals surface area contributed by atoms with E-state index in [0.29, 0.717) is 6.54 Å². The van der Waals surface area contributed by atoms with Crippen molar-refractivity contribution in [3.8, 4) is 0 Å². The van der Waals surface area contributed by atoms with Crippen LogP contribution >= 0.6 is 0 Å². The minimum Gasteiger partial charge on any atom is -0.395 e. The molecule has 102 valence electrons. The fourth-order valence-corrected chi connectivity index (χ4v) is 2.82. The lowest BCUT2D eigenvalue weighted by Gasteiger charge is -2.47. The number of nitrogens with zero attached hydrogens (tertiary/aromatic N) is 1. The summed E-state index contributed by atoms with van der Waals surface area (Å²) in [4.78, 5) is 14.0. The molecule has 1 fully saturated rings. The largest absolute Gasteiger partial charge is 0.395 e. The number of hydrogen-bond donors (Lipinski definition) is 1. The number of likely N-dealkylation sites (tertiary alicyclic amines) is 1. The van der Waals surface area contributed by atoms with Crippen molar-refractivity contribution in [2.24, 2.45) is 5.92 Å². The van der Waals surface area contributed by atoms with Crippen molar-refractivity contribution in [3.05, 3.63) is 71.8 Å². The van der Waals surface area contributed by atoms with Gasteiger partial charge in [-0.2, -0.15) is 0 Å². The third-order valence-electron chi connectivity index (χ3n) is 3.85. The molecular formula is C17H17NO2. The van der Waals surface area contributed by atoms with Crippen molar-refractivity contribution < 1.29 is 9.90 Å². The molecule has 1 aliphatic heterocycles. The second-order valence-corrected chi connectivity index (χ2v) is 5.10. The molecule has 2 atom stereocenters. The molecule has 0 bridgehead atoms. The highest BCUT2D eigenvalue weighted by Gasteiger charge is 2.47. The van der Waals surface area contributed by atoms with Crippen LogP contribution in [-0.2, 0) is 11.3 Å². The number of hydrogen-bond acceptors (Lipinski definition) is 2. The Morgan fingerprint density at radius 3 is 2.15 bits per heavy atom. The molecule has 0 unspecified atom stereocenters. The number of β-lactam (4-membered cyclic amide) rings is 1. The van der Waals surface area contributed by atoms with Crippen molar-refractivity contribution in [2.75, 3.05) is 6.61 Å². The molecule has 3 rings (SSSR count). The Morgan fingerprint density at radius 2 is 1.55 bits per heavy atom. The van der Waals surface area contributed by atoms with E-state index in [4.69, 9.17) is 0 Å². The van der Waals surface area contributed by atoms with Crippen molar-refractivity contribution >= 4 is 5.91 Å². The van der Waals surface area contributed by atoms with Crippen molar-refractivity contribution in [1.82, 2.24) is 4.90 Å². The van der Waals surface area contributed by atoms with Gasteiger partial charge < -0.3 is 10.0 Å². The first-order valence-corrected chi connectivity index (χ1v) is 6.81. The maximum Gasteiger partial charge on any atom is 0.231 e. The molecule has 0 aromatic heterocycles. The van der Waals surface area contributed by atoms with E-state index in [1.165, 1.54) is 0 Å². The number of carbonyl (C=O) groups is 1. The normalized spacial score (nSPS) is 21.6. The van der Waals surface area contributed by atoms with Crippen LogP contribution in [0.15, 0.2) is 60.7 Å². The average Bonchev–Trinajstić information content (AvgIpc) is 2.51. The van der Waals surface area contributed by atoms with Crippen molar-refractivity contribution in [2.45, 2.75) is 12.6 Å². The van der Waals surface area contributed by atoms with E-state index in [1.54, 1.807) is 0 Å². The zero-order valence-electron chi connectivity index (χ0n) is 11.1. The van der Waals surface area contributed by atoms with Gasteiger partial charge >= 0.3 is 0 Å². The van der Waals surface area contributed by atoms with Gasteiger partial charge in [-0.1, -0.05) is 60.7 Å². The number of aliphatic hydroxyl groups excluding tert-OH is 1. The zero-order chi connectivity index (χ0) is 13.9. The van der Waals surface area contributed by atoms with Gasteiger partial charge in [-0.05, 0) is 11.1 Å². The van der Waals surface area contributed by atoms with Crippen LogP contribution in [0.25, 0.3) is 0 Å². The van der Waals surface area contributed by atoms with Crippen LogP contribution < -0.4 is 0 Å². The van der Waals surface area contributed by atoms with Crippen LogP contribution in [0.4, 0.5) is 0 Å². The highest BCUT2D eigenvalue weighted by molar-refractivity contribution is 5.86. The van der Waals surface area contributed by atoms with E-state index in [1.807, 2.05) is 65.6 Å². The van der Waals surface area contributed by atoms with E-state index < -0.39 is 0 Å². The molecule has 1 saturated heterocycles. The number of carbonyl (C=O) groups excluding carboxylic acids is 1. The molecule has 1 amide bonds. The standard InChI is InChI=1S/C17H17NO2/c19-12-15-16(14-9-5-2-6-10-14)18(17(15)20)11-13-7-3-1-4-8-13/h1-10,15-16,19H,11-12H2/t15-,16+/m0/s1. The topological polar surface area (TPSA) is 40.5 Å². The Labute approximate surface area is 118 Å². The fraction of sp³-hybridized carbons (Fsp3) is 0.235. The number of amides is 1. The molecule has 3 heteroatoms. The average molecular weight is 267 g/mol. The molecule has 0 radical (unpaired) electrons. The fourth-order valence-electron chi connectivity index (χ4n) is 2.82. The summed E-state index contributed by atoms with van der Waals surface area (Å²) in [6, 6.07) is 19.8. The highest BCUT2D eigenvalue weighted by Crippen LogP contribution is 2.40. The molecule has 1 N–H and O–H groups in total. The van der Waals surface area contributed by atoms with Gasteiger partial charge in [-0.3, -0.25) is 4.79 Å². The first kappa shape index (κ1) is 12.9. The van der Waals surface area contributed by atoms with Crippen molar-refractivity contribution in [1.29, 1.82) is 0 Å². The minimum atomic E-state index is -0.305. The molecule has 20 heavy (non-hydrogen) atoms. The maximum atomic E-state index is 12.1. The summed E-state index contributed by atoms with van der Waals surface area (Å²) in [6.45, 7) is 0.499. The quantitative estimate of drug-likeness (QED) is 0.864. The zero-order valence-corrected chi connectivity index (χ0v) is 11.1.